The normalized spacial score (nSPS) is 17.5. The van der Waals surface area contributed by atoms with Gasteiger partial charge in [-0.2, -0.15) is 13.2 Å². The lowest BCUT2D eigenvalue weighted by Crippen LogP contribution is -2.42. The van der Waals surface area contributed by atoms with Gasteiger partial charge in [0.05, 0.1) is 5.56 Å². The molecule has 2 rings (SSSR count). The zero-order valence-electron chi connectivity index (χ0n) is 11.8. The van der Waals surface area contributed by atoms with Gasteiger partial charge in [-0.1, -0.05) is 18.9 Å². The van der Waals surface area contributed by atoms with E-state index in [1.165, 1.54) is 12.1 Å². The number of hydrogen-bond donors (Lipinski definition) is 2. The fourth-order valence-corrected chi connectivity index (χ4v) is 2.50. The first kappa shape index (κ1) is 15.7. The quantitative estimate of drug-likeness (QED) is 0.892. The predicted molar refractivity (Wildman–Crippen MR) is 74.9 cm³/mol. The summed E-state index contributed by atoms with van der Waals surface area (Å²) in [6, 6.07) is 4.49. The SMILES string of the molecule is CC(Nc1cccc(C(F)(F)F)c1)C(=O)NC1CCCC1. The van der Waals surface area contributed by atoms with Crippen molar-refractivity contribution in [3.05, 3.63) is 29.8 Å². The van der Waals surface area contributed by atoms with E-state index in [4.69, 9.17) is 0 Å². The third-order valence-corrected chi connectivity index (χ3v) is 3.67. The van der Waals surface area contributed by atoms with Crippen LogP contribution in [0.4, 0.5) is 18.9 Å². The molecule has 116 valence electrons. The fourth-order valence-electron chi connectivity index (χ4n) is 2.50. The maximum atomic E-state index is 12.6. The van der Waals surface area contributed by atoms with E-state index in [2.05, 4.69) is 10.6 Å². The first-order chi connectivity index (χ1) is 9.86. The van der Waals surface area contributed by atoms with Crippen LogP contribution in [0.5, 0.6) is 0 Å². The average molecular weight is 300 g/mol. The lowest BCUT2D eigenvalue weighted by Gasteiger charge is -2.19. The van der Waals surface area contributed by atoms with Crippen molar-refractivity contribution in [3.8, 4) is 0 Å². The van der Waals surface area contributed by atoms with Crippen molar-refractivity contribution in [2.45, 2.75) is 50.9 Å². The van der Waals surface area contributed by atoms with Gasteiger partial charge in [0.1, 0.15) is 6.04 Å². The van der Waals surface area contributed by atoms with E-state index >= 15 is 0 Å². The van der Waals surface area contributed by atoms with Crippen LogP contribution in [0.3, 0.4) is 0 Å². The molecule has 1 aromatic rings. The third-order valence-electron chi connectivity index (χ3n) is 3.67. The van der Waals surface area contributed by atoms with E-state index in [0.717, 1.165) is 37.8 Å². The zero-order chi connectivity index (χ0) is 15.5. The Morgan fingerprint density at radius 1 is 1.29 bits per heavy atom. The topological polar surface area (TPSA) is 41.1 Å². The van der Waals surface area contributed by atoms with Gasteiger partial charge in [-0.05, 0) is 38.0 Å². The summed E-state index contributed by atoms with van der Waals surface area (Å²) in [6.07, 6.45) is -0.210. The molecule has 6 heteroatoms. The van der Waals surface area contributed by atoms with Crippen molar-refractivity contribution in [2.75, 3.05) is 5.32 Å². The van der Waals surface area contributed by atoms with Gasteiger partial charge in [0.25, 0.3) is 0 Å². The van der Waals surface area contributed by atoms with Crippen LogP contribution in [-0.4, -0.2) is 18.0 Å². The average Bonchev–Trinajstić information content (AvgIpc) is 2.91. The van der Waals surface area contributed by atoms with Crippen LogP contribution in [0.1, 0.15) is 38.2 Å². The number of alkyl halides is 3. The number of anilines is 1. The minimum Gasteiger partial charge on any atom is -0.374 e. The molecule has 3 nitrogen and oxygen atoms in total. The second-order valence-corrected chi connectivity index (χ2v) is 5.43. The van der Waals surface area contributed by atoms with Crippen molar-refractivity contribution in [1.29, 1.82) is 0 Å². The van der Waals surface area contributed by atoms with E-state index < -0.39 is 17.8 Å². The number of halogens is 3. The number of nitrogens with one attached hydrogen (secondary N) is 2. The molecule has 2 N–H and O–H groups in total. The van der Waals surface area contributed by atoms with E-state index in [-0.39, 0.29) is 11.9 Å². The van der Waals surface area contributed by atoms with Crippen LogP contribution in [0.15, 0.2) is 24.3 Å². The Balaban J connectivity index is 1.95. The second kappa shape index (κ2) is 6.37. The fraction of sp³-hybridized carbons (Fsp3) is 0.533. The van der Waals surface area contributed by atoms with E-state index in [0.29, 0.717) is 5.69 Å². The highest BCUT2D eigenvalue weighted by atomic mass is 19.4. The zero-order valence-corrected chi connectivity index (χ0v) is 11.8. The highest BCUT2D eigenvalue weighted by molar-refractivity contribution is 5.84. The summed E-state index contributed by atoms with van der Waals surface area (Å²) in [6.45, 7) is 1.64. The molecule has 1 atom stereocenters. The molecule has 21 heavy (non-hydrogen) atoms. The monoisotopic (exact) mass is 300 g/mol. The number of rotatable bonds is 4. The van der Waals surface area contributed by atoms with Crippen LogP contribution in [0, 0.1) is 0 Å². The molecule has 0 spiro atoms. The minimum atomic E-state index is -4.38. The molecular formula is C15H19F3N2O. The summed E-state index contributed by atoms with van der Waals surface area (Å²) >= 11 is 0. The maximum absolute atomic E-state index is 12.6. The summed E-state index contributed by atoms with van der Waals surface area (Å²) in [4.78, 5) is 12.0. The summed E-state index contributed by atoms with van der Waals surface area (Å²) in [5.41, 5.74) is -0.435. The van der Waals surface area contributed by atoms with Crippen LogP contribution in [0.2, 0.25) is 0 Å². The largest absolute Gasteiger partial charge is 0.416 e. The Labute approximate surface area is 121 Å². The van der Waals surface area contributed by atoms with E-state index in [9.17, 15) is 18.0 Å². The molecule has 1 unspecified atom stereocenters. The van der Waals surface area contributed by atoms with Gasteiger partial charge in [-0.3, -0.25) is 4.79 Å². The van der Waals surface area contributed by atoms with Crippen molar-refractivity contribution in [1.82, 2.24) is 5.32 Å². The molecule has 1 aliphatic carbocycles. The summed E-state index contributed by atoms with van der Waals surface area (Å²) in [5.74, 6) is -0.181. The molecule has 1 saturated carbocycles. The van der Waals surface area contributed by atoms with Gasteiger partial charge in [0.15, 0.2) is 0 Å². The standard InChI is InChI=1S/C15H19F3N2O/c1-10(14(21)20-12-6-2-3-7-12)19-13-8-4-5-11(9-13)15(16,17)18/h4-5,8-10,12,19H,2-3,6-7H2,1H3,(H,20,21). The minimum absolute atomic E-state index is 0.181. The van der Waals surface area contributed by atoms with Gasteiger partial charge < -0.3 is 10.6 Å². The van der Waals surface area contributed by atoms with Gasteiger partial charge in [0.2, 0.25) is 5.91 Å². The molecule has 1 aromatic carbocycles. The van der Waals surface area contributed by atoms with Crippen molar-refractivity contribution in [3.63, 3.8) is 0 Å². The lowest BCUT2D eigenvalue weighted by atomic mass is 10.1. The Bertz CT molecular complexity index is 496. The van der Waals surface area contributed by atoms with Crippen molar-refractivity contribution >= 4 is 11.6 Å². The number of benzene rings is 1. The molecule has 1 amide bonds. The van der Waals surface area contributed by atoms with Gasteiger partial charge in [0, 0.05) is 11.7 Å². The Morgan fingerprint density at radius 2 is 1.95 bits per heavy atom. The Kier molecular flexibility index (Phi) is 4.75. The first-order valence-electron chi connectivity index (χ1n) is 7.10. The van der Waals surface area contributed by atoms with Crippen LogP contribution in [0.25, 0.3) is 0 Å². The van der Waals surface area contributed by atoms with Crippen LogP contribution >= 0.6 is 0 Å². The lowest BCUT2D eigenvalue weighted by molar-refractivity contribution is -0.137. The highest BCUT2D eigenvalue weighted by Gasteiger charge is 2.30. The number of amides is 1. The summed E-state index contributed by atoms with van der Waals surface area (Å²) in [7, 11) is 0. The second-order valence-electron chi connectivity index (χ2n) is 5.43. The third kappa shape index (κ3) is 4.37. The smallest absolute Gasteiger partial charge is 0.374 e. The van der Waals surface area contributed by atoms with Gasteiger partial charge in [-0.25, -0.2) is 0 Å². The Morgan fingerprint density at radius 3 is 2.57 bits per heavy atom. The van der Waals surface area contributed by atoms with Gasteiger partial charge in [-0.15, -0.1) is 0 Å². The first-order valence-corrected chi connectivity index (χ1v) is 7.10. The van der Waals surface area contributed by atoms with Crippen LogP contribution < -0.4 is 10.6 Å². The molecule has 0 heterocycles. The van der Waals surface area contributed by atoms with Gasteiger partial charge >= 0.3 is 6.18 Å². The molecular weight excluding hydrogens is 281 g/mol. The molecule has 0 aromatic heterocycles. The van der Waals surface area contributed by atoms with Crippen molar-refractivity contribution in [2.24, 2.45) is 0 Å². The van der Waals surface area contributed by atoms with E-state index in [1.54, 1.807) is 6.92 Å². The molecule has 0 bridgehead atoms. The number of carbonyl (C=O) groups excluding carboxylic acids is 1. The highest BCUT2D eigenvalue weighted by Crippen LogP contribution is 2.30. The maximum Gasteiger partial charge on any atom is 0.416 e. The predicted octanol–water partition coefficient (Wildman–Crippen LogP) is 3.56. The summed E-state index contributed by atoms with van der Waals surface area (Å²) in [5, 5.41) is 5.74. The molecule has 0 radical (unpaired) electrons. The number of hydrogen-bond acceptors (Lipinski definition) is 2. The number of carbonyl (C=O) groups is 1. The Hall–Kier alpha value is -1.72. The van der Waals surface area contributed by atoms with E-state index in [1.807, 2.05) is 0 Å². The van der Waals surface area contributed by atoms with Crippen molar-refractivity contribution < 1.29 is 18.0 Å². The molecule has 1 fully saturated rings. The molecule has 0 aliphatic heterocycles. The van der Waals surface area contributed by atoms with Crippen LogP contribution in [-0.2, 0) is 11.0 Å². The summed E-state index contributed by atoms with van der Waals surface area (Å²) < 4.78 is 37.9. The molecule has 0 saturated heterocycles. The molecule has 1 aliphatic rings.